The molecular formula is C29H25ClIN3O6. The number of imide groups is 2. The van der Waals surface area contributed by atoms with Crippen LogP contribution in [0.3, 0.4) is 0 Å². The van der Waals surface area contributed by atoms with E-state index >= 15 is 0 Å². The number of hydrogen-bond donors (Lipinski definition) is 2. The number of amides is 5. The average molecular weight is 674 g/mol. The number of urea groups is 1. The third kappa shape index (κ3) is 6.62. The number of carbonyl (C=O) groups is 4. The molecule has 0 unspecified atom stereocenters. The number of halogens is 2. The van der Waals surface area contributed by atoms with Gasteiger partial charge in [0.25, 0.3) is 17.7 Å². The highest BCUT2D eigenvalue weighted by Crippen LogP contribution is 2.35. The van der Waals surface area contributed by atoms with Crippen molar-refractivity contribution >= 4 is 75.4 Å². The maximum atomic E-state index is 13.2. The van der Waals surface area contributed by atoms with Gasteiger partial charge in [0, 0.05) is 10.7 Å². The largest absolute Gasteiger partial charge is 0.490 e. The minimum absolute atomic E-state index is 0.223. The number of anilines is 2. The Hall–Kier alpha value is -3.90. The van der Waals surface area contributed by atoms with Gasteiger partial charge in [0.15, 0.2) is 18.1 Å². The second kappa shape index (κ2) is 12.5. The molecule has 1 aliphatic heterocycles. The Kier molecular flexibility index (Phi) is 9.10. The van der Waals surface area contributed by atoms with Crippen molar-refractivity contribution in [1.29, 1.82) is 0 Å². The molecule has 4 rings (SSSR count). The van der Waals surface area contributed by atoms with E-state index in [2.05, 4.69) is 10.6 Å². The summed E-state index contributed by atoms with van der Waals surface area (Å²) in [5.74, 6) is -1.30. The van der Waals surface area contributed by atoms with Gasteiger partial charge in [-0.3, -0.25) is 19.7 Å². The fraction of sp³-hybridized carbons (Fsp3) is 0.172. The molecule has 1 heterocycles. The van der Waals surface area contributed by atoms with Gasteiger partial charge >= 0.3 is 6.03 Å². The van der Waals surface area contributed by atoms with Gasteiger partial charge in [-0.05, 0) is 103 Å². The number of aryl methyl sites for hydroxylation is 2. The highest BCUT2D eigenvalue weighted by molar-refractivity contribution is 14.1. The molecule has 9 nitrogen and oxygen atoms in total. The summed E-state index contributed by atoms with van der Waals surface area (Å²) in [6, 6.07) is 14.4. The summed E-state index contributed by atoms with van der Waals surface area (Å²) in [5.41, 5.74) is 3.08. The van der Waals surface area contributed by atoms with Crippen LogP contribution in [-0.2, 0) is 14.4 Å². The summed E-state index contributed by atoms with van der Waals surface area (Å²) in [5, 5.41) is 5.37. The van der Waals surface area contributed by atoms with Crippen molar-refractivity contribution in [2.45, 2.75) is 20.8 Å². The predicted molar refractivity (Wildman–Crippen MR) is 161 cm³/mol. The number of rotatable bonds is 8. The standard InChI is InChI=1S/C29H25ClIN3O6/c1-4-39-24-13-18(11-21-27(36)33-29(38)34(28(21)37)20-7-5-6-19(30)14-20)12-22(31)26(24)40-15-25(35)32-23-10-16(2)8-9-17(23)3/h5-14H,4,15H2,1-3H3,(H,32,35)(H,33,36,38)/b21-11+. The first-order valence-electron chi connectivity index (χ1n) is 12.2. The fourth-order valence-electron chi connectivity index (χ4n) is 3.94. The summed E-state index contributed by atoms with van der Waals surface area (Å²) in [6.07, 6.45) is 1.36. The number of nitrogens with one attached hydrogen (secondary N) is 2. The van der Waals surface area contributed by atoms with Crippen LogP contribution in [0.4, 0.5) is 16.2 Å². The number of ether oxygens (including phenoxy) is 2. The summed E-state index contributed by atoms with van der Waals surface area (Å²) in [6.45, 7) is 5.68. The number of hydrogen-bond acceptors (Lipinski definition) is 6. The molecule has 0 saturated carbocycles. The molecule has 0 bridgehead atoms. The third-order valence-electron chi connectivity index (χ3n) is 5.83. The molecule has 206 valence electrons. The van der Waals surface area contributed by atoms with E-state index in [1.54, 1.807) is 31.2 Å². The lowest BCUT2D eigenvalue weighted by Gasteiger charge is -2.26. The van der Waals surface area contributed by atoms with Crippen LogP contribution >= 0.6 is 34.2 Å². The van der Waals surface area contributed by atoms with Crippen molar-refractivity contribution in [2.75, 3.05) is 23.4 Å². The molecule has 1 saturated heterocycles. The molecule has 3 aromatic rings. The molecule has 40 heavy (non-hydrogen) atoms. The zero-order valence-corrected chi connectivity index (χ0v) is 24.8. The second-order valence-electron chi connectivity index (χ2n) is 8.86. The van der Waals surface area contributed by atoms with Gasteiger partial charge < -0.3 is 14.8 Å². The first-order valence-corrected chi connectivity index (χ1v) is 13.7. The smallest absolute Gasteiger partial charge is 0.335 e. The van der Waals surface area contributed by atoms with Crippen LogP contribution in [-0.4, -0.2) is 37.0 Å². The van der Waals surface area contributed by atoms with Crippen LogP contribution in [0.15, 0.2) is 60.2 Å². The minimum atomic E-state index is -0.873. The van der Waals surface area contributed by atoms with Gasteiger partial charge in [-0.25, -0.2) is 9.69 Å². The van der Waals surface area contributed by atoms with E-state index in [-0.39, 0.29) is 23.8 Å². The second-order valence-corrected chi connectivity index (χ2v) is 10.5. The van der Waals surface area contributed by atoms with E-state index in [1.165, 1.54) is 18.2 Å². The van der Waals surface area contributed by atoms with E-state index in [0.29, 0.717) is 37.9 Å². The van der Waals surface area contributed by atoms with Gasteiger partial charge in [0.2, 0.25) is 0 Å². The zero-order chi connectivity index (χ0) is 29.0. The Morgan fingerprint density at radius 3 is 2.58 bits per heavy atom. The SMILES string of the molecule is CCOc1cc(/C=C2\C(=O)NC(=O)N(c3cccc(Cl)c3)C2=O)cc(I)c1OCC(=O)Nc1cc(C)ccc1C. The Labute approximate surface area is 249 Å². The summed E-state index contributed by atoms with van der Waals surface area (Å²) >= 11 is 8.06. The predicted octanol–water partition coefficient (Wildman–Crippen LogP) is 5.64. The van der Waals surface area contributed by atoms with Crippen LogP contribution in [0.25, 0.3) is 6.08 Å². The van der Waals surface area contributed by atoms with E-state index in [9.17, 15) is 19.2 Å². The van der Waals surface area contributed by atoms with Crippen LogP contribution in [0.2, 0.25) is 5.02 Å². The lowest BCUT2D eigenvalue weighted by molar-refractivity contribution is -0.122. The maximum Gasteiger partial charge on any atom is 0.335 e. The summed E-state index contributed by atoms with van der Waals surface area (Å²) in [4.78, 5) is 51.8. The van der Waals surface area contributed by atoms with Crippen molar-refractivity contribution < 1.29 is 28.7 Å². The van der Waals surface area contributed by atoms with Crippen LogP contribution < -0.4 is 25.0 Å². The monoisotopic (exact) mass is 673 g/mol. The molecule has 2 N–H and O–H groups in total. The zero-order valence-electron chi connectivity index (χ0n) is 21.8. The van der Waals surface area contributed by atoms with Gasteiger partial charge in [-0.1, -0.05) is 29.8 Å². The molecule has 11 heteroatoms. The molecule has 0 aliphatic carbocycles. The van der Waals surface area contributed by atoms with Crippen molar-refractivity contribution in [3.63, 3.8) is 0 Å². The van der Waals surface area contributed by atoms with Gasteiger partial charge in [0.05, 0.1) is 15.9 Å². The fourth-order valence-corrected chi connectivity index (χ4v) is 4.91. The quantitative estimate of drug-likeness (QED) is 0.182. The van der Waals surface area contributed by atoms with Crippen LogP contribution in [0.5, 0.6) is 11.5 Å². The molecule has 5 amide bonds. The average Bonchev–Trinajstić information content (AvgIpc) is 2.88. The first kappa shape index (κ1) is 29.1. The number of barbiturate groups is 1. The van der Waals surface area contributed by atoms with Gasteiger partial charge in [-0.15, -0.1) is 0 Å². The Bertz CT molecular complexity index is 1550. The van der Waals surface area contributed by atoms with Gasteiger partial charge in [0.1, 0.15) is 5.57 Å². The summed E-state index contributed by atoms with van der Waals surface area (Å²) in [7, 11) is 0. The number of benzene rings is 3. The van der Waals surface area contributed by atoms with Crippen LogP contribution in [0.1, 0.15) is 23.6 Å². The molecular weight excluding hydrogens is 649 g/mol. The Morgan fingerprint density at radius 1 is 1.07 bits per heavy atom. The maximum absolute atomic E-state index is 13.2. The number of nitrogens with zero attached hydrogens (tertiary/aromatic N) is 1. The van der Waals surface area contributed by atoms with Crippen molar-refractivity contribution in [3.05, 3.63) is 85.5 Å². The van der Waals surface area contributed by atoms with E-state index in [0.717, 1.165) is 16.0 Å². The Balaban J connectivity index is 1.58. The van der Waals surface area contributed by atoms with E-state index < -0.39 is 17.8 Å². The lowest BCUT2D eigenvalue weighted by atomic mass is 10.1. The molecule has 0 spiro atoms. The first-order chi connectivity index (χ1) is 19.1. The highest BCUT2D eigenvalue weighted by Gasteiger charge is 2.37. The molecule has 0 aromatic heterocycles. The van der Waals surface area contributed by atoms with Crippen LogP contribution in [0, 0.1) is 17.4 Å². The van der Waals surface area contributed by atoms with Gasteiger partial charge in [-0.2, -0.15) is 0 Å². The van der Waals surface area contributed by atoms with Crippen molar-refractivity contribution in [3.8, 4) is 11.5 Å². The molecule has 0 atom stereocenters. The molecule has 3 aromatic carbocycles. The highest BCUT2D eigenvalue weighted by atomic mass is 127. The molecule has 1 aliphatic rings. The molecule has 1 fully saturated rings. The number of carbonyl (C=O) groups excluding carboxylic acids is 4. The summed E-state index contributed by atoms with van der Waals surface area (Å²) < 4.78 is 12.2. The minimum Gasteiger partial charge on any atom is -0.490 e. The topological polar surface area (TPSA) is 114 Å². The van der Waals surface area contributed by atoms with E-state index in [4.69, 9.17) is 21.1 Å². The van der Waals surface area contributed by atoms with E-state index in [1.807, 2.05) is 54.6 Å². The van der Waals surface area contributed by atoms with Crippen molar-refractivity contribution in [1.82, 2.24) is 5.32 Å². The third-order valence-corrected chi connectivity index (χ3v) is 6.86. The van der Waals surface area contributed by atoms with Crippen molar-refractivity contribution in [2.24, 2.45) is 0 Å². The molecule has 0 radical (unpaired) electrons. The Morgan fingerprint density at radius 2 is 1.85 bits per heavy atom. The normalized spacial score (nSPS) is 14.3. The lowest BCUT2D eigenvalue weighted by Crippen LogP contribution is -2.54.